The molecule has 0 aromatic heterocycles. The van der Waals surface area contributed by atoms with Crippen LogP contribution >= 0.6 is 0 Å². The molecule has 0 bridgehead atoms. The standard InChI is InChI=1S/C8H8F3NO4S2.Na/c9-8(10,11)5-12-18(15,16)7-3-1-6(2-4-7)17(13)14;/h1-4,12H,5H2,(H,13,14);/q;+1/p-1. The van der Waals surface area contributed by atoms with E-state index in [9.17, 15) is 30.4 Å². The van der Waals surface area contributed by atoms with Gasteiger partial charge in [-0.3, -0.25) is 4.21 Å². The van der Waals surface area contributed by atoms with Crippen LogP contribution in [-0.2, 0) is 21.1 Å². The SMILES string of the molecule is O=S([O-])c1ccc(S(=O)(=O)NCC(F)(F)F)cc1.[Na+]. The third-order valence-electron chi connectivity index (χ3n) is 1.79. The topological polar surface area (TPSA) is 86.3 Å². The van der Waals surface area contributed by atoms with E-state index in [1.54, 1.807) is 0 Å². The summed E-state index contributed by atoms with van der Waals surface area (Å²) in [6, 6.07) is 3.77. The Hall–Kier alpha value is 0.0300. The maximum absolute atomic E-state index is 11.9. The number of nitrogens with one attached hydrogen (secondary N) is 1. The average molecular weight is 325 g/mol. The van der Waals surface area contributed by atoms with Crippen LogP contribution < -0.4 is 34.3 Å². The summed E-state index contributed by atoms with van der Waals surface area (Å²) >= 11 is -2.53. The molecule has 1 aromatic carbocycles. The summed E-state index contributed by atoms with van der Waals surface area (Å²) in [7, 11) is -4.31. The van der Waals surface area contributed by atoms with Crippen LogP contribution in [0.15, 0.2) is 34.1 Å². The van der Waals surface area contributed by atoms with Gasteiger partial charge in [-0.05, 0) is 35.3 Å². The Kier molecular flexibility index (Phi) is 7.17. The van der Waals surface area contributed by atoms with Gasteiger partial charge in [0.25, 0.3) is 0 Å². The van der Waals surface area contributed by atoms with E-state index in [-0.39, 0.29) is 34.5 Å². The predicted octanol–water partition coefficient (Wildman–Crippen LogP) is -2.23. The zero-order valence-electron chi connectivity index (χ0n) is 9.60. The molecule has 0 amide bonds. The number of sulfonamides is 1. The van der Waals surface area contributed by atoms with Gasteiger partial charge in [-0.15, -0.1) is 0 Å². The van der Waals surface area contributed by atoms with Gasteiger partial charge in [-0.25, -0.2) is 13.1 Å². The van der Waals surface area contributed by atoms with Crippen LogP contribution in [0, 0.1) is 0 Å². The molecule has 1 atom stereocenters. The van der Waals surface area contributed by atoms with E-state index >= 15 is 0 Å². The Balaban J connectivity index is 0.00000324. The van der Waals surface area contributed by atoms with Gasteiger partial charge in [0.15, 0.2) is 0 Å². The number of benzene rings is 1. The molecule has 0 radical (unpaired) electrons. The summed E-state index contributed by atoms with van der Waals surface area (Å²) in [4.78, 5) is -0.606. The summed E-state index contributed by atoms with van der Waals surface area (Å²) in [5.41, 5.74) is 0. The van der Waals surface area contributed by atoms with Crippen LogP contribution in [0.4, 0.5) is 13.2 Å². The van der Waals surface area contributed by atoms with Crippen LogP contribution in [0.25, 0.3) is 0 Å². The zero-order chi connectivity index (χ0) is 14.0. The molecule has 11 heteroatoms. The van der Waals surface area contributed by atoms with Crippen LogP contribution in [0.5, 0.6) is 0 Å². The first-order chi connectivity index (χ1) is 8.12. The first kappa shape index (κ1) is 19.0. The molecule has 0 fully saturated rings. The van der Waals surface area contributed by atoms with E-state index in [0.717, 1.165) is 24.3 Å². The molecule has 1 rings (SSSR count). The quantitative estimate of drug-likeness (QED) is 0.501. The smallest absolute Gasteiger partial charge is 0.768 e. The Morgan fingerprint density at radius 2 is 1.68 bits per heavy atom. The maximum Gasteiger partial charge on any atom is 1.00 e. The normalized spacial score (nSPS) is 13.7. The third-order valence-corrected chi connectivity index (χ3v) is 3.86. The van der Waals surface area contributed by atoms with E-state index in [0.29, 0.717) is 0 Å². The number of alkyl halides is 3. The molecule has 19 heavy (non-hydrogen) atoms. The van der Waals surface area contributed by atoms with E-state index in [2.05, 4.69) is 0 Å². The fourth-order valence-electron chi connectivity index (χ4n) is 0.990. The van der Waals surface area contributed by atoms with Crippen LogP contribution in [0.2, 0.25) is 0 Å². The molecular formula is C8H7F3NNaO4S2. The summed E-state index contributed by atoms with van der Waals surface area (Å²) in [6.45, 7) is -1.69. The van der Waals surface area contributed by atoms with E-state index in [4.69, 9.17) is 0 Å². The fraction of sp³-hybridized carbons (Fsp3) is 0.250. The number of hydrogen-bond acceptors (Lipinski definition) is 4. The van der Waals surface area contributed by atoms with E-state index in [1.165, 1.54) is 4.72 Å². The Bertz CT molecular complexity index is 544. The molecule has 0 aliphatic carbocycles. The minimum Gasteiger partial charge on any atom is -0.768 e. The van der Waals surface area contributed by atoms with Crippen molar-refractivity contribution in [3.05, 3.63) is 24.3 Å². The fourth-order valence-corrected chi connectivity index (χ4v) is 2.36. The number of halogens is 3. The minimum atomic E-state index is -4.66. The van der Waals surface area contributed by atoms with Crippen molar-refractivity contribution in [3.63, 3.8) is 0 Å². The predicted molar refractivity (Wildman–Crippen MR) is 54.9 cm³/mol. The first-order valence-electron chi connectivity index (χ1n) is 4.37. The van der Waals surface area contributed by atoms with Crippen molar-refractivity contribution < 1.29 is 59.9 Å². The van der Waals surface area contributed by atoms with Gasteiger partial charge >= 0.3 is 35.7 Å². The molecule has 5 nitrogen and oxygen atoms in total. The molecule has 0 aliphatic rings. The molecule has 102 valence electrons. The van der Waals surface area contributed by atoms with Crippen LogP contribution in [0.1, 0.15) is 0 Å². The molecule has 1 N–H and O–H groups in total. The summed E-state index contributed by atoms with van der Waals surface area (Å²) in [5.74, 6) is 0. The molecule has 1 unspecified atom stereocenters. The van der Waals surface area contributed by atoms with Gasteiger partial charge < -0.3 is 4.55 Å². The first-order valence-corrected chi connectivity index (χ1v) is 6.93. The largest absolute Gasteiger partial charge is 1.00 e. The van der Waals surface area contributed by atoms with Gasteiger partial charge in [0.05, 0.1) is 4.90 Å². The molecule has 0 aliphatic heterocycles. The minimum absolute atomic E-state index is 0. The van der Waals surface area contributed by atoms with Crippen molar-refractivity contribution in [2.75, 3.05) is 6.54 Å². The van der Waals surface area contributed by atoms with Gasteiger partial charge in [-0.2, -0.15) is 13.2 Å². The molecule has 1 aromatic rings. The molecule has 0 saturated carbocycles. The van der Waals surface area contributed by atoms with Crippen molar-refractivity contribution >= 4 is 21.1 Å². The van der Waals surface area contributed by atoms with Crippen molar-refractivity contribution in [1.82, 2.24) is 4.72 Å². The second-order valence-corrected chi connectivity index (χ2v) is 5.85. The number of hydrogen-bond donors (Lipinski definition) is 1. The Labute approximate surface area is 132 Å². The Morgan fingerprint density at radius 3 is 2.05 bits per heavy atom. The Morgan fingerprint density at radius 1 is 1.21 bits per heavy atom. The van der Waals surface area contributed by atoms with Crippen LogP contribution in [0.3, 0.4) is 0 Å². The monoisotopic (exact) mass is 325 g/mol. The van der Waals surface area contributed by atoms with Crippen molar-refractivity contribution in [3.8, 4) is 0 Å². The second kappa shape index (κ2) is 7.16. The van der Waals surface area contributed by atoms with Crippen molar-refractivity contribution in [2.45, 2.75) is 16.0 Å². The summed E-state index contributed by atoms with van der Waals surface area (Å²) < 4.78 is 80.7. The molecular weight excluding hydrogens is 318 g/mol. The molecule has 0 saturated heterocycles. The van der Waals surface area contributed by atoms with Crippen molar-refractivity contribution in [1.29, 1.82) is 0 Å². The van der Waals surface area contributed by atoms with E-state index < -0.39 is 38.7 Å². The molecule has 0 heterocycles. The maximum atomic E-state index is 11.9. The average Bonchev–Trinajstić information content (AvgIpc) is 2.26. The van der Waals surface area contributed by atoms with E-state index in [1.807, 2.05) is 0 Å². The van der Waals surface area contributed by atoms with Gasteiger partial charge in [-0.1, -0.05) is 0 Å². The van der Waals surface area contributed by atoms with Crippen LogP contribution in [-0.4, -0.2) is 29.9 Å². The van der Waals surface area contributed by atoms with Gasteiger partial charge in [0.2, 0.25) is 10.0 Å². The second-order valence-electron chi connectivity index (χ2n) is 3.15. The van der Waals surface area contributed by atoms with Gasteiger partial charge in [0, 0.05) is 4.90 Å². The third kappa shape index (κ3) is 6.34. The molecule has 0 spiro atoms. The summed E-state index contributed by atoms with van der Waals surface area (Å²) in [5, 5.41) is 0. The number of rotatable bonds is 4. The van der Waals surface area contributed by atoms with Gasteiger partial charge in [0.1, 0.15) is 6.54 Å². The summed E-state index contributed by atoms with van der Waals surface area (Å²) in [6.07, 6.45) is -4.66. The zero-order valence-corrected chi connectivity index (χ0v) is 13.2. The van der Waals surface area contributed by atoms with Crippen molar-refractivity contribution in [2.24, 2.45) is 0 Å².